The van der Waals surface area contributed by atoms with Crippen molar-refractivity contribution in [3.63, 3.8) is 0 Å². The number of hydrogen-bond donors (Lipinski definition) is 0. The number of hydroxylamine groups is 1. The molecular formula is C18H17N3O4. The van der Waals surface area contributed by atoms with Crippen LogP contribution in [0.2, 0.25) is 0 Å². The topological polar surface area (TPSA) is 85.6 Å². The molecule has 7 nitrogen and oxygen atoms in total. The van der Waals surface area contributed by atoms with E-state index in [9.17, 15) is 14.9 Å². The van der Waals surface area contributed by atoms with E-state index in [-0.39, 0.29) is 5.69 Å². The van der Waals surface area contributed by atoms with Gasteiger partial charge in [0, 0.05) is 18.4 Å². The summed E-state index contributed by atoms with van der Waals surface area (Å²) in [6, 6.07) is 10.4. The summed E-state index contributed by atoms with van der Waals surface area (Å²) in [5.41, 5.74) is 2.42. The van der Waals surface area contributed by atoms with Gasteiger partial charge in [0.1, 0.15) is 11.1 Å². The zero-order chi connectivity index (χ0) is 18.1. The van der Waals surface area contributed by atoms with Crippen LogP contribution in [0.3, 0.4) is 0 Å². The summed E-state index contributed by atoms with van der Waals surface area (Å²) in [5, 5.41) is 14.0. The molecule has 0 spiro atoms. The maximum Gasteiger partial charge on any atom is 0.329 e. The molecule has 25 heavy (non-hydrogen) atoms. The highest BCUT2D eigenvalue weighted by Crippen LogP contribution is 2.40. The van der Waals surface area contributed by atoms with Crippen molar-refractivity contribution in [3.05, 3.63) is 52.1 Å². The second kappa shape index (κ2) is 6.35. The van der Waals surface area contributed by atoms with Gasteiger partial charge in [0.15, 0.2) is 0 Å². The van der Waals surface area contributed by atoms with Gasteiger partial charge < -0.3 is 4.84 Å². The third-order valence-corrected chi connectivity index (χ3v) is 3.96. The Balaban J connectivity index is 2.53. The number of fused-ring (bicyclic) bond motifs is 2. The van der Waals surface area contributed by atoms with Crippen molar-refractivity contribution in [2.24, 2.45) is 0 Å². The Morgan fingerprint density at radius 3 is 2.64 bits per heavy atom. The van der Waals surface area contributed by atoms with Crippen molar-refractivity contribution in [1.82, 2.24) is 4.98 Å². The summed E-state index contributed by atoms with van der Waals surface area (Å²) in [5.74, 6) is -0.494. The second-order valence-electron chi connectivity index (χ2n) is 5.64. The molecule has 0 saturated heterocycles. The minimum absolute atomic E-state index is 0.0699. The lowest BCUT2D eigenvalue weighted by Gasteiger charge is -2.24. The average molecular weight is 339 g/mol. The molecule has 0 saturated carbocycles. The molecule has 128 valence electrons. The Morgan fingerprint density at radius 1 is 1.28 bits per heavy atom. The zero-order valence-corrected chi connectivity index (χ0v) is 14.1. The normalized spacial score (nSPS) is 10.8. The summed E-state index contributed by atoms with van der Waals surface area (Å²) in [4.78, 5) is 32.6. The van der Waals surface area contributed by atoms with Gasteiger partial charge in [-0.2, -0.15) is 0 Å². The Kier molecular flexibility index (Phi) is 4.22. The van der Waals surface area contributed by atoms with E-state index in [1.54, 1.807) is 6.07 Å². The summed E-state index contributed by atoms with van der Waals surface area (Å²) in [7, 11) is 0. The maximum atomic E-state index is 11.6. The molecule has 1 heterocycles. The van der Waals surface area contributed by atoms with Crippen molar-refractivity contribution < 1.29 is 14.6 Å². The number of aromatic nitrogens is 1. The molecule has 0 radical (unpaired) electrons. The lowest BCUT2D eigenvalue weighted by molar-refractivity contribution is -0.383. The van der Waals surface area contributed by atoms with Crippen LogP contribution < -0.4 is 5.06 Å². The van der Waals surface area contributed by atoms with Crippen molar-refractivity contribution in [2.75, 3.05) is 11.6 Å². The summed E-state index contributed by atoms with van der Waals surface area (Å²) in [6.07, 6.45) is 0. The second-order valence-corrected chi connectivity index (χ2v) is 5.64. The van der Waals surface area contributed by atoms with Crippen molar-refractivity contribution >= 4 is 39.1 Å². The number of aryl methyl sites for hydroxylation is 1. The van der Waals surface area contributed by atoms with Gasteiger partial charge in [0.05, 0.1) is 22.5 Å². The maximum absolute atomic E-state index is 11.6. The van der Waals surface area contributed by atoms with E-state index in [0.29, 0.717) is 34.0 Å². The molecule has 0 amide bonds. The Labute approximate surface area is 143 Å². The number of carbonyl (C=O) groups is 1. The minimum atomic E-state index is -0.494. The van der Waals surface area contributed by atoms with Gasteiger partial charge in [-0.3, -0.25) is 14.9 Å². The van der Waals surface area contributed by atoms with Crippen LogP contribution >= 0.6 is 0 Å². The van der Waals surface area contributed by atoms with E-state index in [1.807, 2.05) is 38.1 Å². The SMILES string of the molecule is CCN(OC(C)=O)c1c2ccccc2nc2c(C)ccc([N+](=O)[O-])c12. The number of para-hydroxylation sites is 1. The number of nitro groups is 1. The average Bonchev–Trinajstić information content (AvgIpc) is 2.58. The first-order valence-electron chi connectivity index (χ1n) is 7.86. The van der Waals surface area contributed by atoms with E-state index in [0.717, 1.165) is 5.56 Å². The van der Waals surface area contributed by atoms with Gasteiger partial charge >= 0.3 is 5.97 Å². The Bertz CT molecular complexity index is 1000. The molecular weight excluding hydrogens is 322 g/mol. The van der Waals surface area contributed by atoms with Gasteiger partial charge in [0.25, 0.3) is 5.69 Å². The lowest BCUT2D eigenvalue weighted by Crippen LogP contribution is -2.26. The van der Waals surface area contributed by atoms with E-state index in [4.69, 9.17) is 4.84 Å². The predicted octanol–water partition coefficient (Wildman–Crippen LogP) is 3.91. The number of nitro benzene ring substituents is 1. The van der Waals surface area contributed by atoms with Crippen LogP contribution in [-0.4, -0.2) is 22.4 Å². The quantitative estimate of drug-likeness (QED) is 0.407. The van der Waals surface area contributed by atoms with Crippen LogP contribution in [0.15, 0.2) is 36.4 Å². The molecule has 0 fully saturated rings. The number of nitrogens with zero attached hydrogens (tertiary/aromatic N) is 3. The van der Waals surface area contributed by atoms with Crippen molar-refractivity contribution in [3.8, 4) is 0 Å². The van der Waals surface area contributed by atoms with Crippen LogP contribution in [0.4, 0.5) is 11.4 Å². The highest BCUT2D eigenvalue weighted by Gasteiger charge is 2.25. The van der Waals surface area contributed by atoms with E-state index < -0.39 is 10.9 Å². The molecule has 3 rings (SSSR count). The third-order valence-electron chi connectivity index (χ3n) is 3.96. The van der Waals surface area contributed by atoms with Crippen LogP contribution in [0.5, 0.6) is 0 Å². The molecule has 0 unspecified atom stereocenters. The van der Waals surface area contributed by atoms with E-state index in [2.05, 4.69) is 4.98 Å². The first-order chi connectivity index (χ1) is 11.9. The molecule has 0 aliphatic rings. The number of non-ortho nitro benzene ring substituents is 1. The van der Waals surface area contributed by atoms with Gasteiger partial charge in [-0.15, -0.1) is 0 Å². The molecule has 0 aliphatic carbocycles. The van der Waals surface area contributed by atoms with Gasteiger partial charge in [-0.25, -0.2) is 10.0 Å². The molecule has 0 N–H and O–H groups in total. The van der Waals surface area contributed by atoms with Crippen molar-refractivity contribution in [1.29, 1.82) is 0 Å². The fourth-order valence-electron chi connectivity index (χ4n) is 2.92. The smallest absolute Gasteiger partial charge is 0.329 e. The molecule has 1 aromatic heterocycles. The third kappa shape index (κ3) is 2.84. The van der Waals surface area contributed by atoms with Gasteiger partial charge in [0.2, 0.25) is 0 Å². The first-order valence-corrected chi connectivity index (χ1v) is 7.86. The van der Waals surface area contributed by atoms with E-state index >= 15 is 0 Å². The van der Waals surface area contributed by atoms with Crippen molar-refractivity contribution in [2.45, 2.75) is 20.8 Å². The van der Waals surface area contributed by atoms with Crippen LogP contribution in [0.1, 0.15) is 19.4 Å². The van der Waals surface area contributed by atoms with E-state index in [1.165, 1.54) is 18.1 Å². The molecule has 0 bridgehead atoms. The molecule has 2 aromatic carbocycles. The monoisotopic (exact) mass is 339 g/mol. The predicted molar refractivity (Wildman–Crippen MR) is 95.4 cm³/mol. The van der Waals surface area contributed by atoms with Gasteiger partial charge in [-0.1, -0.05) is 24.3 Å². The Hall–Kier alpha value is -3.22. The number of benzene rings is 2. The number of anilines is 1. The van der Waals surface area contributed by atoms with Crippen LogP contribution in [0, 0.1) is 17.0 Å². The number of pyridine rings is 1. The zero-order valence-electron chi connectivity index (χ0n) is 14.1. The number of hydrogen-bond acceptors (Lipinski definition) is 6. The molecule has 0 atom stereocenters. The van der Waals surface area contributed by atoms with Gasteiger partial charge in [-0.05, 0) is 25.5 Å². The molecule has 3 aromatic rings. The first kappa shape index (κ1) is 16.6. The fraction of sp³-hybridized carbons (Fsp3) is 0.222. The summed E-state index contributed by atoms with van der Waals surface area (Å²) in [6.45, 7) is 5.30. The summed E-state index contributed by atoms with van der Waals surface area (Å²) >= 11 is 0. The summed E-state index contributed by atoms with van der Waals surface area (Å²) < 4.78 is 0. The highest BCUT2D eigenvalue weighted by molar-refractivity contribution is 6.12. The molecule has 7 heteroatoms. The molecule has 0 aliphatic heterocycles. The lowest BCUT2D eigenvalue weighted by atomic mass is 10.0. The Morgan fingerprint density at radius 2 is 2.00 bits per heavy atom. The number of carbonyl (C=O) groups excluding carboxylic acids is 1. The van der Waals surface area contributed by atoms with Crippen LogP contribution in [-0.2, 0) is 9.63 Å². The minimum Gasteiger partial charge on any atom is -0.341 e. The largest absolute Gasteiger partial charge is 0.341 e. The van der Waals surface area contributed by atoms with Crippen LogP contribution in [0.25, 0.3) is 21.8 Å². The fourth-order valence-corrected chi connectivity index (χ4v) is 2.92. The standard InChI is InChI=1S/C18H17N3O4/c1-4-20(25-12(3)22)18-13-7-5-6-8-14(13)19-17-11(2)9-10-15(16(17)18)21(23)24/h5-10H,4H2,1-3H3. The number of rotatable bonds is 4. The highest BCUT2D eigenvalue weighted by atomic mass is 16.7.